The van der Waals surface area contributed by atoms with Gasteiger partial charge >= 0.3 is 0 Å². The van der Waals surface area contributed by atoms with Crippen LogP contribution in [0.5, 0.6) is 5.75 Å². The molecule has 0 amide bonds. The Hall–Kier alpha value is -2.57. The summed E-state index contributed by atoms with van der Waals surface area (Å²) in [6.45, 7) is 4.53. The second kappa shape index (κ2) is 10.5. The number of nitrogens with zero attached hydrogens (tertiary/aromatic N) is 2. The van der Waals surface area contributed by atoms with E-state index in [0.717, 1.165) is 17.0 Å². The molecule has 160 valence electrons. The van der Waals surface area contributed by atoms with Gasteiger partial charge < -0.3 is 14.8 Å². The fourth-order valence-corrected chi connectivity index (χ4v) is 4.77. The highest BCUT2D eigenvalue weighted by atomic mass is 32.2. The molecule has 1 aliphatic heterocycles. The van der Waals surface area contributed by atoms with E-state index in [-0.39, 0.29) is 5.75 Å². The molecule has 0 bridgehead atoms. The Labute approximate surface area is 178 Å². The molecule has 30 heavy (non-hydrogen) atoms. The Bertz CT molecular complexity index is 961. The number of ether oxygens (including phenoxy) is 1. The van der Waals surface area contributed by atoms with Crippen LogP contribution in [0.15, 0.2) is 54.6 Å². The first-order valence-corrected chi connectivity index (χ1v) is 11.5. The molecular weight excluding hydrogens is 402 g/mol. The zero-order valence-electron chi connectivity index (χ0n) is 17.0. The van der Waals surface area contributed by atoms with Crippen LogP contribution in [0.3, 0.4) is 0 Å². The van der Waals surface area contributed by atoms with Crippen molar-refractivity contribution in [2.75, 3.05) is 43.4 Å². The number of sulfonamides is 1. The van der Waals surface area contributed by atoms with Crippen molar-refractivity contribution in [1.29, 1.82) is 0 Å². The van der Waals surface area contributed by atoms with Gasteiger partial charge in [0.05, 0.1) is 12.4 Å². The molecule has 1 heterocycles. The first kappa shape index (κ1) is 22.1. The Morgan fingerprint density at radius 2 is 1.73 bits per heavy atom. The fourth-order valence-electron chi connectivity index (χ4n) is 3.26. The van der Waals surface area contributed by atoms with Crippen LogP contribution in [-0.4, -0.2) is 62.5 Å². The van der Waals surface area contributed by atoms with Crippen LogP contribution < -0.4 is 15.1 Å². The van der Waals surface area contributed by atoms with Gasteiger partial charge in [-0.1, -0.05) is 30.0 Å². The largest absolute Gasteiger partial charge is 0.494 e. The number of hydroxylamine groups is 1. The number of hydrogen-bond acceptors (Lipinski definition) is 6. The van der Waals surface area contributed by atoms with Crippen molar-refractivity contribution in [1.82, 2.24) is 9.79 Å². The number of piperazine rings is 1. The molecule has 3 rings (SSSR count). The van der Waals surface area contributed by atoms with Crippen molar-refractivity contribution in [3.8, 4) is 17.6 Å². The van der Waals surface area contributed by atoms with Crippen LogP contribution in [-0.2, 0) is 10.0 Å². The van der Waals surface area contributed by atoms with Gasteiger partial charge in [-0.3, -0.25) is 0 Å². The molecule has 1 atom stereocenters. The summed E-state index contributed by atoms with van der Waals surface area (Å²) in [4.78, 5) is 2.15. The van der Waals surface area contributed by atoms with E-state index in [0.29, 0.717) is 32.8 Å². The minimum Gasteiger partial charge on any atom is -0.494 e. The molecule has 7 nitrogen and oxygen atoms in total. The molecule has 0 radical (unpaired) electrons. The molecule has 1 aliphatic rings. The van der Waals surface area contributed by atoms with E-state index >= 15 is 0 Å². The van der Waals surface area contributed by atoms with Crippen LogP contribution in [0.25, 0.3) is 0 Å². The van der Waals surface area contributed by atoms with E-state index in [1.54, 1.807) is 0 Å². The van der Waals surface area contributed by atoms with Crippen molar-refractivity contribution >= 4 is 15.7 Å². The van der Waals surface area contributed by atoms with Gasteiger partial charge in [0.25, 0.3) is 0 Å². The summed E-state index contributed by atoms with van der Waals surface area (Å²) < 4.78 is 32.5. The molecule has 1 saturated heterocycles. The third-order valence-corrected chi connectivity index (χ3v) is 6.75. The maximum atomic E-state index is 12.8. The van der Waals surface area contributed by atoms with Crippen molar-refractivity contribution in [2.45, 2.75) is 13.0 Å². The number of anilines is 1. The molecule has 2 N–H and O–H groups in total. The molecule has 0 aromatic heterocycles. The molecule has 1 unspecified atom stereocenters. The lowest BCUT2D eigenvalue weighted by Gasteiger charge is -2.35. The molecule has 2 aromatic rings. The number of rotatable bonds is 7. The van der Waals surface area contributed by atoms with Gasteiger partial charge in [0.2, 0.25) is 10.0 Å². The average Bonchev–Trinajstić information content (AvgIpc) is 2.78. The van der Waals surface area contributed by atoms with Crippen LogP contribution in [0.1, 0.15) is 12.5 Å². The first-order valence-electron chi connectivity index (χ1n) is 9.93. The van der Waals surface area contributed by atoms with Gasteiger partial charge in [-0.25, -0.2) is 8.42 Å². The minimum atomic E-state index is -3.56. The van der Waals surface area contributed by atoms with Gasteiger partial charge in [0.1, 0.15) is 11.8 Å². The third-order valence-electron chi connectivity index (χ3n) is 4.84. The minimum absolute atomic E-state index is 0.285. The number of benzene rings is 2. The van der Waals surface area contributed by atoms with E-state index in [9.17, 15) is 13.6 Å². The monoisotopic (exact) mass is 429 g/mol. The average molecular weight is 430 g/mol. The molecule has 0 saturated carbocycles. The lowest BCUT2D eigenvalue weighted by atomic mass is 10.2. The van der Waals surface area contributed by atoms with Gasteiger partial charge in [-0.05, 0) is 43.3 Å². The normalized spacial score (nSPS) is 15.9. The second-order valence-corrected chi connectivity index (χ2v) is 8.92. The van der Waals surface area contributed by atoms with Crippen LogP contribution in [0.2, 0.25) is 0 Å². The zero-order chi connectivity index (χ0) is 21.4. The summed E-state index contributed by atoms with van der Waals surface area (Å²) in [5.41, 5.74) is 3.82. The maximum absolute atomic E-state index is 12.8. The van der Waals surface area contributed by atoms with Crippen molar-refractivity contribution in [3.05, 3.63) is 60.2 Å². The summed E-state index contributed by atoms with van der Waals surface area (Å²) in [6.07, 6.45) is 0. The standard InChI is InChI=1S/C22H27N3O4S/c1-2-29-22-12-10-21(11-13-22)24-14-16-25(17-15-24)30(27,28)18-20(23-26)9-8-19-6-4-3-5-7-19/h3-7,10-13,20,23,26H,2,14-18H2,1H3. The molecule has 0 spiro atoms. The van der Waals surface area contributed by atoms with E-state index < -0.39 is 16.1 Å². The Kier molecular flexibility index (Phi) is 7.71. The quantitative estimate of drug-likeness (QED) is 0.517. The van der Waals surface area contributed by atoms with E-state index in [1.165, 1.54) is 4.31 Å². The summed E-state index contributed by atoms with van der Waals surface area (Å²) in [5.74, 6) is 6.22. The molecular formula is C22H27N3O4S. The Morgan fingerprint density at radius 3 is 2.33 bits per heavy atom. The van der Waals surface area contributed by atoms with Crippen LogP contribution in [0, 0.1) is 11.8 Å². The molecule has 2 aromatic carbocycles. The lowest BCUT2D eigenvalue weighted by molar-refractivity contribution is 0.153. The SMILES string of the molecule is CCOc1ccc(N2CCN(S(=O)(=O)CC(C#Cc3ccccc3)NO)CC2)cc1. The Balaban J connectivity index is 1.57. The predicted octanol–water partition coefficient (Wildman–Crippen LogP) is 1.94. The van der Waals surface area contributed by atoms with Crippen molar-refractivity contribution < 1.29 is 18.4 Å². The van der Waals surface area contributed by atoms with E-state index in [4.69, 9.17) is 4.74 Å². The lowest BCUT2D eigenvalue weighted by Crippen LogP contribution is -2.51. The van der Waals surface area contributed by atoms with Gasteiger partial charge in [-0.2, -0.15) is 9.79 Å². The highest BCUT2D eigenvalue weighted by Crippen LogP contribution is 2.21. The highest BCUT2D eigenvalue weighted by molar-refractivity contribution is 7.89. The molecule has 8 heteroatoms. The second-order valence-electron chi connectivity index (χ2n) is 6.91. The summed E-state index contributed by atoms with van der Waals surface area (Å²) >= 11 is 0. The zero-order valence-corrected chi connectivity index (χ0v) is 17.8. The van der Waals surface area contributed by atoms with Crippen molar-refractivity contribution in [3.63, 3.8) is 0 Å². The third kappa shape index (κ3) is 5.97. The summed E-state index contributed by atoms with van der Waals surface area (Å²) in [5, 5.41) is 9.36. The molecule has 0 aliphatic carbocycles. The van der Waals surface area contributed by atoms with Crippen LogP contribution in [0.4, 0.5) is 5.69 Å². The Morgan fingerprint density at radius 1 is 1.07 bits per heavy atom. The predicted molar refractivity (Wildman–Crippen MR) is 117 cm³/mol. The summed E-state index contributed by atoms with van der Waals surface area (Å²) in [6, 6.07) is 16.2. The van der Waals surface area contributed by atoms with Crippen LogP contribution >= 0.6 is 0 Å². The topological polar surface area (TPSA) is 82.1 Å². The van der Waals surface area contributed by atoms with Gasteiger partial charge in [0, 0.05) is 37.4 Å². The molecule has 1 fully saturated rings. The summed E-state index contributed by atoms with van der Waals surface area (Å²) in [7, 11) is -3.56. The van der Waals surface area contributed by atoms with E-state index in [2.05, 4.69) is 16.7 Å². The van der Waals surface area contributed by atoms with Gasteiger partial charge in [0.15, 0.2) is 0 Å². The first-order chi connectivity index (χ1) is 14.5. The number of hydrogen-bond donors (Lipinski definition) is 2. The van der Waals surface area contributed by atoms with Crippen molar-refractivity contribution in [2.24, 2.45) is 0 Å². The highest BCUT2D eigenvalue weighted by Gasteiger charge is 2.29. The fraction of sp³-hybridized carbons (Fsp3) is 0.364. The number of nitrogens with one attached hydrogen (secondary N) is 1. The van der Waals surface area contributed by atoms with Gasteiger partial charge in [-0.15, -0.1) is 0 Å². The smallest absolute Gasteiger partial charge is 0.216 e. The van der Waals surface area contributed by atoms with E-state index in [1.807, 2.05) is 67.0 Å². The maximum Gasteiger partial charge on any atom is 0.216 e.